The number of furan rings is 1. The Kier molecular flexibility index (Phi) is 4.07. The fraction of sp³-hybridized carbons (Fsp3) is 0.0500. The summed E-state index contributed by atoms with van der Waals surface area (Å²) < 4.78 is 15.8. The van der Waals surface area contributed by atoms with Crippen LogP contribution < -0.4 is 0 Å². The molecule has 0 amide bonds. The van der Waals surface area contributed by atoms with Gasteiger partial charge in [-0.25, -0.2) is 9.78 Å². The number of esters is 1. The van der Waals surface area contributed by atoms with Crippen molar-refractivity contribution in [2.75, 3.05) is 6.61 Å². The molecule has 0 spiro atoms. The highest BCUT2D eigenvalue weighted by molar-refractivity contribution is 5.99. The zero-order valence-corrected chi connectivity index (χ0v) is 13.5. The zero-order chi connectivity index (χ0) is 17.9. The maximum Gasteiger partial charge on any atom is 0.331 e. The first-order valence-electron chi connectivity index (χ1n) is 7.91. The van der Waals surface area contributed by atoms with E-state index in [1.165, 1.54) is 6.08 Å². The van der Waals surface area contributed by atoms with E-state index < -0.39 is 18.4 Å². The lowest BCUT2D eigenvalue weighted by atomic mass is 10.2. The second-order valence-corrected chi connectivity index (χ2v) is 5.53. The maximum atomic E-state index is 12.1. The topological polar surface area (TPSA) is 82.5 Å². The van der Waals surface area contributed by atoms with Crippen molar-refractivity contribution in [3.63, 3.8) is 0 Å². The van der Waals surface area contributed by atoms with Crippen LogP contribution >= 0.6 is 0 Å². The number of hydrogen-bond donors (Lipinski definition) is 0. The van der Waals surface area contributed by atoms with Crippen molar-refractivity contribution in [3.05, 3.63) is 72.3 Å². The first kappa shape index (κ1) is 15.8. The first-order chi connectivity index (χ1) is 12.7. The van der Waals surface area contributed by atoms with Gasteiger partial charge in [0.1, 0.15) is 11.1 Å². The largest absolute Gasteiger partial charge is 0.454 e. The van der Waals surface area contributed by atoms with E-state index in [-0.39, 0.29) is 11.7 Å². The van der Waals surface area contributed by atoms with Crippen LogP contribution in [0.2, 0.25) is 0 Å². The van der Waals surface area contributed by atoms with E-state index in [1.54, 1.807) is 24.3 Å². The third-order valence-corrected chi connectivity index (χ3v) is 3.72. The summed E-state index contributed by atoms with van der Waals surface area (Å²) in [6.45, 7) is -0.406. The lowest BCUT2D eigenvalue weighted by molar-refractivity contribution is -0.136. The van der Waals surface area contributed by atoms with Crippen LogP contribution in [0.3, 0.4) is 0 Å². The van der Waals surface area contributed by atoms with Crippen molar-refractivity contribution in [1.29, 1.82) is 0 Å². The molecular weight excluding hydrogens is 334 g/mol. The van der Waals surface area contributed by atoms with E-state index in [4.69, 9.17) is 13.6 Å². The van der Waals surface area contributed by atoms with Crippen molar-refractivity contribution in [1.82, 2.24) is 4.98 Å². The molecule has 2 aromatic carbocycles. The third kappa shape index (κ3) is 3.25. The molecule has 0 bridgehead atoms. The van der Waals surface area contributed by atoms with Gasteiger partial charge in [-0.2, -0.15) is 0 Å². The summed E-state index contributed by atoms with van der Waals surface area (Å²) in [6.07, 6.45) is 2.56. The number of carbonyl (C=O) groups excluding carboxylic acids is 2. The van der Waals surface area contributed by atoms with E-state index in [9.17, 15) is 9.59 Å². The number of ether oxygens (including phenoxy) is 1. The van der Waals surface area contributed by atoms with Gasteiger partial charge in [0.25, 0.3) is 0 Å². The molecule has 0 N–H and O–H groups in total. The number of fused-ring (bicyclic) bond motifs is 2. The van der Waals surface area contributed by atoms with E-state index in [0.29, 0.717) is 16.7 Å². The predicted molar refractivity (Wildman–Crippen MR) is 94.5 cm³/mol. The molecule has 0 unspecified atom stereocenters. The second kappa shape index (κ2) is 6.68. The number of oxazole rings is 1. The fourth-order valence-electron chi connectivity index (χ4n) is 2.48. The minimum Gasteiger partial charge on any atom is -0.454 e. The van der Waals surface area contributed by atoms with Crippen LogP contribution in [0.25, 0.3) is 28.1 Å². The normalized spacial score (nSPS) is 11.4. The predicted octanol–water partition coefficient (Wildman–Crippen LogP) is 4.01. The number of rotatable bonds is 5. The van der Waals surface area contributed by atoms with E-state index in [2.05, 4.69) is 4.98 Å². The average Bonchev–Trinajstić information content (AvgIpc) is 3.27. The highest BCUT2D eigenvalue weighted by Crippen LogP contribution is 2.19. The summed E-state index contributed by atoms with van der Waals surface area (Å²) in [6, 6.07) is 16.2. The maximum absolute atomic E-state index is 12.1. The summed E-state index contributed by atoms with van der Waals surface area (Å²) in [5.41, 5.74) is 1.93. The molecule has 0 saturated carbocycles. The average molecular weight is 347 g/mol. The van der Waals surface area contributed by atoms with Crippen LogP contribution in [0.4, 0.5) is 0 Å². The number of ketones is 1. The number of nitrogens with zero attached hydrogens (tertiary/aromatic N) is 1. The Balaban J connectivity index is 1.37. The molecule has 4 rings (SSSR count). The summed E-state index contributed by atoms with van der Waals surface area (Å²) in [5.74, 6) is -0.643. The Morgan fingerprint density at radius 2 is 1.77 bits per heavy atom. The van der Waals surface area contributed by atoms with E-state index in [1.807, 2.05) is 30.3 Å². The summed E-state index contributed by atoms with van der Waals surface area (Å²) in [7, 11) is 0. The van der Waals surface area contributed by atoms with Crippen LogP contribution in [-0.4, -0.2) is 23.3 Å². The van der Waals surface area contributed by atoms with Crippen LogP contribution in [0.15, 0.2) is 69.5 Å². The highest BCUT2D eigenvalue weighted by Gasteiger charge is 2.14. The van der Waals surface area contributed by atoms with Gasteiger partial charge in [0.05, 0.1) is 0 Å². The molecule has 2 heterocycles. The Bertz CT molecular complexity index is 1070. The lowest BCUT2D eigenvalue weighted by Crippen LogP contribution is -2.11. The molecule has 0 aliphatic heterocycles. The third-order valence-electron chi connectivity index (χ3n) is 3.72. The standard InChI is InChI=1S/C20H13NO5/c22-15(18-11-13-5-1-3-7-16(13)25-18)12-24-20(23)10-9-19-21-14-6-2-4-8-17(14)26-19/h1-11H,12H2/b10-9-. The molecule has 0 aliphatic rings. The van der Waals surface area contributed by atoms with Gasteiger partial charge in [0.2, 0.25) is 11.7 Å². The minimum atomic E-state index is -0.670. The van der Waals surface area contributed by atoms with Crippen LogP contribution in [0, 0.1) is 0 Å². The molecule has 26 heavy (non-hydrogen) atoms. The van der Waals surface area contributed by atoms with Crippen molar-refractivity contribution in [3.8, 4) is 0 Å². The smallest absolute Gasteiger partial charge is 0.331 e. The molecule has 2 aromatic heterocycles. The van der Waals surface area contributed by atoms with Gasteiger partial charge < -0.3 is 13.6 Å². The van der Waals surface area contributed by atoms with E-state index >= 15 is 0 Å². The first-order valence-corrected chi connectivity index (χ1v) is 7.91. The van der Waals surface area contributed by atoms with Gasteiger partial charge in [-0.1, -0.05) is 30.3 Å². The molecular formula is C20H13NO5. The monoisotopic (exact) mass is 347 g/mol. The Morgan fingerprint density at radius 1 is 1.00 bits per heavy atom. The van der Waals surface area contributed by atoms with Crippen LogP contribution in [0.5, 0.6) is 0 Å². The minimum absolute atomic E-state index is 0.155. The van der Waals surface area contributed by atoms with Gasteiger partial charge in [0, 0.05) is 17.5 Å². The van der Waals surface area contributed by atoms with Gasteiger partial charge in [-0.05, 0) is 24.3 Å². The summed E-state index contributed by atoms with van der Waals surface area (Å²) >= 11 is 0. The number of benzene rings is 2. The van der Waals surface area contributed by atoms with Gasteiger partial charge in [-0.15, -0.1) is 0 Å². The van der Waals surface area contributed by atoms with Crippen molar-refractivity contribution in [2.45, 2.75) is 0 Å². The molecule has 0 atom stereocenters. The number of carbonyl (C=O) groups is 2. The fourth-order valence-corrected chi connectivity index (χ4v) is 2.48. The molecule has 0 fully saturated rings. The Labute approximate surface area is 147 Å². The van der Waals surface area contributed by atoms with Gasteiger partial charge in [-0.3, -0.25) is 4.79 Å². The number of para-hydroxylation sites is 3. The number of Topliss-reactive ketones (excluding diaryl/α,β-unsaturated/α-hetero) is 1. The summed E-state index contributed by atoms with van der Waals surface area (Å²) in [4.78, 5) is 28.1. The van der Waals surface area contributed by atoms with Crippen molar-refractivity contribution < 1.29 is 23.2 Å². The zero-order valence-electron chi connectivity index (χ0n) is 13.5. The van der Waals surface area contributed by atoms with Crippen LogP contribution in [-0.2, 0) is 9.53 Å². The highest BCUT2D eigenvalue weighted by atomic mass is 16.5. The number of hydrogen-bond acceptors (Lipinski definition) is 6. The Hall–Kier alpha value is -3.67. The van der Waals surface area contributed by atoms with Gasteiger partial charge >= 0.3 is 5.97 Å². The van der Waals surface area contributed by atoms with Gasteiger partial charge in [0.15, 0.2) is 18.0 Å². The SMILES string of the molecule is O=C(/C=C\c1nc2ccccc2o1)OCC(=O)c1cc2ccccc2o1. The van der Waals surface area contributed by atoms with Crippen LogP contribution in [0.1, 0.15) is 16.4 Å². The lowest BCUT2D eigenvalue weighted by Gasteiger charge is -1.98. The van der Waals surface area contributed by atoms with Crippen molar-refractivity contribution >= 4 is 39.9 Å². The summed E-state index contributed by atoms with van der Waals surface area (Å²) in [5, 5.41) is 0.818. The Morgan fingerprint density at radius 3 is 2.58 bits per heavy atom. The molecule has 6 heteroatoms. The molecule has 4 aromatic rings. The molecule has 0 saturated heterocycles. The number of aromatic nitrogens is 1. The molecule has 6 nitrogen and oxygen atoms in total. The second-order valence-electron chi connectivity index (χ2n) is 5.53. The molecule has 0 aliphatic carbocycles. The molecule has 0 radical (unpaired) electrons. The molecule has 128 valence electrons. The quantitative estimate of drug-likeness (QED) is 0.308. The van der Waals surface area contributed by atoms with E-state index in [0.717, 1.165) is 11.5 Å². The van der Waals surface area contributed by atoms with Crippen molar-refractivity contribution in [2.24, 2.45) is 0 Å².